The normalized spacial score (nSPS) is 13.4. The SMILES string of the molecule is C=CCNC(=O)Nc1ccc(NC(C)C(=O)N2CCc3ccccc32)cc1. The topological polar surface area (TPSA) is 73.5 Å². The predicted octanol–water partition coefficient (Wildman–Crippen LogP) is 3.38. The Balaban J connectivity index is 1.58. The van der Waals surface area contributed by atoms with E-state index in [2.05, 4.69) is 28.6 Å². The Morgan fingerprint density at radius 2 is 1.85 bits per heavy atom. The minimum atomic E-state index is -0.356. The summed E-state index contributed by atoms with van der Waals surface area (Å²) in [4.78, 5) is 26.3. The maximum Gasteiger partial charge on any atom is 0.319 e. The van der Waals surface area contributed by atoms with Crippen molar-refractivity contribution in [1.29, 1.82) is 0 Å². The van der Waals surface area contributed by atoms with Crippen molar-refractivity contribution in [1.82, 2.24) is 5.32 Å². The first-order valence-corrected chi connectivity index (χ1v) is 9.00. The first-order valence-electron chi connectivity index (χ1n) is 9.00. The van der Waals surface area contributed by atoms with Crippen molar-refractivity contribution in [3.8, 4) is 0 Å². The summed E-state index contributed by atoms with van der Waals surface area (Å²) in [6.45, 7) is 6.53. The van der Waals surface area contributed by atoms with Crippen LogP contribution in [0.5, 0.6) is 0 Å². The quantitative estimate of drug-likeness (QED) is 0.688. The molecule has 1 aliphatic rings. The molecule has 6 heteroatoms. The fraction of sp³-hybridized carbons (Fsp3) is 0.238. The Bertz CT molecular complexity index is 832. The highest BCUT2D eigenvalue weighted by molar-refractivity contribution is 6.00. The van der Waals surface area contributed by atoms with Crippen molar-refractivity contribution in [2.75, 3.05) is 28.6 Å². The van der Waals surface area contributed by atoms with E-state index < -0.39 is 0 Å². The van der Waals surface area contributed by atoms with Crippen LogP contribution in [0.1, 0.15) is 12.5 Å². The van der Waals surface area contributed by atoms with Gasteiger partial charge >= 0.3 is 6.03 Å². The van der Waals surface area contributed by atoms with Crippen LogP contribution in [-0.2, 0) is 11.2 Å². The lowest BCUT2D eigenvalue weighted by molar-refractivity contribution is -0.118. The lowest BCUT2D eigenvalue weighted by Gasteiger charge is -2.23. The summed E-state index contributed by atoms with van der Waals surface area (Å²) in [7, 11) is 0. The van der Waals surface area contributed by atoms with Gasteiger partial charge in [-0.05, 0) is 49.2 Å². The summed E-state index contributed by atoms with van der Waals surface area (Å²) in [5.74, 6) is 0.0472. The average molecular weight is 364 g/mol. The van der Waals surface area contributed by atoms with Gasteiger partial charge in [0.15, 0.2) is 0 Å². The predicted molar refractivity (Wildman–Crippen MR) is 109 cm³/mol. The van der Waals surface area contributed by atoms with Crippen LogP contribution in [0.25, 0.3) is 0 Å². The van der Waals surface area contributed by atoms with E-state index in [0.717, 1.165) is 17.8 Å². The zero-order valence-corrected chi connectivity index (χ0v) is 15.4. The second-order valence-electron chi connectivity index (χ2n) is 6.44. The van der Waals surface area contributed by atoms with E-state index in [1.165, 1.54) is 5.56 Å². The number of rotatable bonds is 6. The molecule has 0 fully saturated rings. The number of hydrogen-bond acceptors (Lipinski definition) is 3. The van der Waals surface area contributed by atoms with E-state index in [-0.39, 0.29) is 18.0 Å². The molecule has 1 atom stereocenters. The van der Waals surface area contributed by atoms with Gasteiger partial charge in [0.25, 0.3) is 0 Å². The molecule has 1 unspecified atom stereocenters. The average Bonchev–Trinajstić information content (AvgIpc) is 3.11. The number of anilines is 3. The number of urea groups is 1. The molecular formula is C21H24N4O2. The first kappa shape index (κ1) is 18.5. The van der Waals surface area contributed by atoms with Crippen LogP contribution in [0.4, 0.5) is 21.9 Å². The summed E-state index contributed by atoms with van der Waals surface area (Å²) < 4.78 is 0. The second kappa shape index (κ2) is 8.40. The fourth-order valence-electron chi connectivity index (χ4n) is 3.10. The lowest BCUT2D eigenvalue weighted by Crippen LogP contribution is -2.40. The van der Waals surface area contributed by atoms with E-state index in [9.17, 15) is 9.59 Å². The van der Waals surface area contributed by atoms with Crippen LogP contribution in [0.3, 0.4) is 0 Å². The van der Waals surface area contributed by atoms with Crippen LogP contribution in [0.15, 0.2) is 61.2 Å². The maximum atomic E-state index is 12.8. The van der Waals surface area contributed by atoms with Gasteiger partial charge in [-0.25, -0.2) is 4.79 Å². The third-order valence-electron chi connectivity index (χ3n) is 4.46. The van der Waals surface area contributed by atoms with Crippen molar-refractivity contribution < 1.29 is 9.59 Å². The minimum absolute atomic E-state index is 0.0472. The van der Waals surface area contributed by atoms with Gasteiger partial charge < -0.3 is 20.9 Å². The maximum absolute atomic E-state index is 12.8. The largest absolute Gasteiger partial charge is 0.374 e. The fourth-order valence-corrected chi connectivity index (χ4v) is 3.10. The van der Waals surface area contributed by atoms with Gasteiger partial charge in [-0.3, -0.25) is 4.79 Å². The van der Waals surface area contributed by atoms with Crippen LogP contribution in [0.2, 0.25) is 0 Å². The number of fused-ring (bicyclic) bond motifs is 1. The molecule has 1 heterocycles. The van der Waals surface area contributed by atoms with Gasteiger partial charge in [0.2, 0.25) is 5.91 Å². The van der Waals surface area contributed by atoms with Crippen LogP contribution >= 0.6 is 0 Å². The summed E-state index contributed by atoms with van der Waals surface area (Å²) in [5, 5.41) is 8.61. The molecule has 2 aromatic rings. The molecular weight excluding hydrogens is 340 g/mol. The molecule has 27 heavy (non-hydrogen) atoms. The Hall–Kier alpha value is -3.28. The molecule has 0 saturated carbocycles. The molecule has 6 nitrogen and oxygen atoms in total. The van der Waals surface area contributed by atoms with Gasteiger partial charge in [-0.1, -0.05) is 24.3 Å². The molecule has 3 rings (SSSR count). The Kier molecular flexibility index (Phi) is 5.76. The third kappa shape index (κ3) is 4.47. The molecule has 3 amide bonds. The van der Waals surface area contributed by atoms with Crippen LogP contribution < -0.4 is 20.9 Å². The number of carbonyl (C=O) groups is 2. The van der Waals surface area contributed by atoms with Gasteiger partial charge in [-0.2, -0.15) is 0 Å². The lowest BCUT2D eigenvalue weighted by atomic mass is 10.2. The minimum Gasteiger partial charge on any atom is -0.374 e. The number of nitrogens with one attached hydrogen (secondary N) is 3. The van der Waals surface area contributed by atoms with Crippen LogP contribution in [0, 0.1) is 0 Å². The summed E-state index contributed by atoms with van der Waals surface area (Å²) in [6, 6.07) is 14.6. The monoisotopic (exact) mass is 364 g/mol. The van der Waals surface area contributed by atoms with E-state index in [0.29, 0.717) is 18.8 Å². The molecule has 0 aliphatic carbocycles. The van der Waals surface area contributed by atoms with E-state index >= 15 is 0 Å². The van der Waals surface area contributed by atoms with Crippen molar-refractivity contribution in [2.45, 2.75) is 19.4 Å². The molecule has 0 radical (unpaired) electrons. The number of hydrogen-bond donors (Lipinski definition) is 3. The smallest absolute Gasteiger partial charge is 0.319 e. The van der Waals surface area contributed by atoms with Gasteiger partial charge in [-0.15, -0.1) is 6.58 Å². The van der Waals surface area contributed by atoms with E-state index in [1.54, 1.807) is 18.2 Å². The molecule has 3 N–H and O–H groups in total. The highest BCUT2D eigenvalue weighted by atomic mass is 16.2. The standard InChI is InChI=1S/C21H24N4O2/c1-3-13-22-21(27)24-18-10-8-17(9-11-18)23-15(2)20(26)25-14-12-16-6-4-5-7-19(16)25/h3-11,15,23H,1,12-14H2,2H3,(H2,22,24,27). The second-order valence-corrected chi connectivity index (χ2v) is 6.44. The third-order valence-corrected chi connectivity index (χ3v) is 4.46. The van der Waals surface area contributed by atoms with E-state index in [1.807, 2.05) is 42.2 Å². The summed E-state index contributed by atoms with van der Waals surface area (Å²) >= 11 is 0. The Morgan fingerprint density at radius 1 is 1.15 bits per heavy atom. The zero-order chi connectivity index (χ0) is 19.2. The molecule has 0 aromatic heterocycles. The van der Waals surface area contributed by atoms with Crippen LogP contribution in [-0.4, -0.2) is 31.1 Å². The van der Waals surface area contributed by atoms with Crippen molar-refractivity contribution in [2.24, 2.45) is 0 Å². The van der Waals surface area contributed by atoms with Crippen molar-refractivity contribution in [3.63, 3.8) is 0 Å². The highest BCUT2D eigenvalue weighted by Crippen LogP contribution is 2.28. The van der Waals surface area contributed by atoms with E-state index in [4.69, 9.17) is 0 Å². The molecule has 2 aromatic carbocycles. The van der Waals surface area contributed by atoms with Gasteiger partial charge in [0.1, 0.15) is 6.04 Å². The Morgan fingerprint density at radius 3 is 2.59 bits per heavy atom. The number of para-hydroxylation sites is 1. The number of benzene rings is 2. The molecule has 1 aliphatic heterocycles. The number of amides is 3. The summed E-state index contributed by atoms with van der Waals surface area (Å²) in [5.41, 5.74) is 3.71. The molecule has 140 valence electrons. The zero-order valence-electron chi connectivity index (χ0n) is 15.4. The van der Waals surface area contributed by atoms with Gasteiger partial charge in [0, 0.05) is 30.2 Å². The highest BCUT2D eigenvalue weighted by Gasteiger charge is 2.27. The summed E-state index contributed by atoms with van der Waals surface area (Å²) in [6.07, 6.45) is 2.51. The van der Waals surface area contributed by atoms with Gasteiger partial charge in [0.05, 0.1) is 0 Å². The molecule has 0 saturated heterocycles. The molecule has 0 spiro atoms. The number of carbonyl (C=O) groups excluding carboxylic acids is 2. The number of nitrogens with zero attached hydrogens (tertiary/aromatic N) is 1. The van der Waals surface area contributed by atoms with Crippen molar-refractivity contribution >= 4 is 29.0 Å². The Labute approximate surface area is 159 Å². The molecule has 0 bridgehead atoms. The first-order chi connectivity index (χ1) is 13.1. The van der Waals surface area contributed by atoms with Crippen molar-refractivity contribution in [3.05, 3.63) is 66.7 Å².